The Morgan fingerprint density at radius 1 is 1.08 bits per heavy atom. The third kappa shape index (κ3) is 5.93. The maximum Gasteiger partial charge on any atom is 0.410 e. The van der Waals surface area contributed by atoms with E-state index >= 15 is 0 Å². The first kappa shape index (κ1) is 26.4. The van der Waals surface area contributed by atoms with Gasteiger partial charge >= 0.3 is 6.09 Å². The summed E-state index contributed by atoms with van der Waals surface area (Å²) in [6, 6.07) is 8.66. The van der Waals surface area contributed by atoms with Gasteiger partial charge in [-0.3, -0.25) is 4.79 Å². The average Bonchev–Trinajstić information content (AvgIpc) is 3.39. The molecule has 0 spiro atoms. The molecule has 38 heavy (non-hydrogen) atoms. The number of ether oxygens (including phenoxy) is 1. The number of carbonyl (C=O) groups is 2. The summed E-state index contributed by atoms with van der Waals surface area (Å²) in [5.41, 5.74) is 3.23. The van der Waals surface area contributed by atoms with Crippen LogP contribution in [-0.2, 0) is 4.74 Å². The van der Waals surface area contributed by atoms with Crippen LogP contribution in [0.3, 0.4) is 0 Å². The van der Waals surface area contributed by atoms with E-state index in [2.05, 4.69) is 29.4 Å². The molecule has 1 aliphatic heterocycles. The molecular formula is C29H37N5O3S. The standard InChI is InChI=1S/C29H37N5O3S/c1-19(2)34(24-12-14-32(15-13-24)28(36)37-29(3,4)5)27(35)25-18-38-26(31-25)22-16-30-33(17-22)23-10-8-21(9-11-23)20-6-7-20/h8-11,16-20,24H,6-7,12-15H2,1-5H3. The fourth-order valence-corrected chi connectivity index (χ4v) is 5.77. The van der Waals surface area contributed by atoms with E-state index in [0.717, 1.165) is 22.2 Å². The summed E-state index contributed by atoms with van der Waals surface area (Å²) in [6.45, 7) is 10.8. The second kappa shape index (κ2) is 10.5. The summed E-state index contributed by atoms with van der Waals surface area (Å²) in [7, 11) is 0. The predicted octanol–water partition coefficient (Wildman–Crippen LogP) is 6.12. The van der Waals surface area contributed by atoms with Crippen LogP contribution in [0.2, 0.25) is 0 Å². The molecule has 2 aromatic heterocycles. The van der Waals surface area contributed by atoms with Crippen LogP contribution in [0.25, 0.3) is 16.3 Å². The maximum absolute atomic E-state index is 13.6. The first-order valence-corrected chi connectivity index (χ1v) is 14.4. The Hall–Kier alpha value is -3.20. The monoisotopic (exact) mass is 535 g/mol. The molecule has 8 nitrogen and oxygen atoms in total. The molecule has 202 valence electrons. The summed E-state index contributed by atoms with van der Waals surface area (Å²) in [4.78, 5) is 34.4. The number of piperidine rings is 1. The number of benzene rings is 1. The average molecular weight is 536 g/mol. The highest BCUT2D eigenvalue weighted by molar-refractivity contribution is 7.13. The first-order valence-electron chi connectivity index (χ1n) is 13.5. The number of rotatable bonds is 6. The Kier molecular flexibility index (Phi) is 7.31. The van der Waals surface area contributed by atoms with Crippen molar-refractivity contribution in [2.24, 2.45) is 0 Å². The smallest absolute Gasteiger partial charge is 0.410 e. The first-order chi connectivity index (χ1) is 18.1. The highest BCUT2D eigenvalue weighted by Gasteiger charge is 2.34. The van der Waals surface area contributed by atoms with Gasteiger partial charge in [0.05, 0.1) is 11.9 Å². The quantitative estimate of drug-likeness (QED) is 0.380. The lowest BCUT2D eigenvalue weighted by atomic mass is 10.0. The predicted molar refractivity (Wildman–Crippen MR) is 149 cm³/mol. The Morgan fingerprint density at radius 2 is 1.76 bits per heavy atom. The van der Waals surface area contributed by atoms with Gasteiger partial charge in [-0.2, -0.15) is 5.10 Å². The minimum absolute atomic E-state index is 0.0205. The number of nitrogens with zero attached hydrogens (tertiary/aromatic N) is 5. The molecule has 1 saturated heterocycles. The van der Waals surface area contributed by atoms with Gasteiger partial charge < -0.3 is 14.5 Å². The molecule has 0 unspecified atom stereocenters. The molecule has 3 heterocycles. The molecule has 1 saturated carbocycles. The molecule has 2 amide bonds. The van der Waals surface area contributed by atoms with Crippen molar-refractivity contribution in [2.75, 3.05) is 13.1 Å². The zero-order valence-electron chi connectivity index (χ0n) is 22.9. The molecule has 0 atom stereocenters. The van der Waals surface area contributed by atoms with Crippen molar-refractivity contribution in [3.63, 3.8) is 0 Å². The van der Waals surface area contributed by atoms with Crippen LogP contribution >= 0.6 is 11.3 Å². The Labute approximate surface area is 228 Å². The van der Waals surface area contributed by atoms with Gasteiger partial charge in [-0.1, -0.05) is 12.1 Å². The fourth-order valence-electron chi connectivity index (χ4n) is 5.00. The third-order valence-corrected chi connectivity index (χ3v) is 7.95. The third-order valence-electron chi connectivity index (χ3n) is 7.06. The van der Waals surface area contributed by atoms with E-state index in [-0.39, 0.29) is 24.1 Å². The highest BCUT2D eigenvalue weighted by Crippen LogP contribution is 2.40. The number of amides is 2. The number of thiazole rings is 1. The van der Waals surface area contributed by atoms with Gasteiger partial charge in [0.25, 0.3) is 5.91 Å². The molecule has 0 bridgehead atoms. The Bertz CT molecular complexity index is 1280. The van der Waals surface area contributed by atoms with Crippen molar-refractivity contribution >= 4 is 23.3 Å². The van der Waals surface area contributed by atoms with E-state index < -0.39 is 5.60 Å². The van der Waals surface area contributed by atoms with E-state index in [1.807, 2.05) is 55.8 Å². The van der Waals surface area contributed by atoms with Gasteiger partial charge in [0.2, 0.25) is 0 Å². The van der Waals surface area contributed by atoms with Gasteiger partial charge in [0.15, 0.2) is 0 Å². The number of aromatic nitrogens is 3. The zero-order valence-corrected chi connectivity index (χ0v) is 23.7. The van der Waals surface area contributed by atoms with Crippen LogP contribution in [-0.4, -0.2) is 67.3 Å². The van der Waals surface area contributed by atoms with Crippen molar-refractivity contribution < 1.29 is 14.3 Å². The van der Waals surface area contributed by atoms with Crippen molar-refractivity contribution in [3.8, 4) is 16.3 Å². The summed E-state index contributed by atoms with van der Waals surface area (Å²) >= 11 is 1.46. The number of carbonyl (C=O) groups excluding carboxylic acids is 2. The molecule has 2 aliphatic rings. The van der Waals surface area contributed by atoms with E-state index in [4.69, 9.17) is 9.72 Å². The Morgan fingerprint density at radius 3 is 2.37 bits per heavy atom. The lowest BCUT2D eigenvalue weighted by Crippen LogP contribution is -2.51. The molecule has 5 rings (SSSR count). The normalized spacial score (nSPS) is 16.6. The van der Waals surface area contributed by atoms with Crippen LogP contribution in [0, 0.1) is 0 Å². The van der Waals surface area contributed by atoms with E-state index in [1.54, 1.807) is 11.1 Å². The zero-order chi connectivity index (χ0) is 27.0. The summed E-state index contributed by atoms with van der Waals surface area (Å²) < 4.78 is 7.37. The molecule has 0 N–H and O–H groups in total. The van der Waals surface area contributed by atoms with Gasteiger partial charge in [0.1, 0.15) is 16.3 Å². The van der Waals surface area contributed by atoms with Crippen molar-refractivity contribution in [2.45, 2.75) is 83.9 Å². The number of likely N-dealkylation sites (tertiary alicyclic amines) is 1. The van der Waals surface area contributed by atoms with Crippen molar-refractivity contribution in [1.82, 2.24) is 24.6 Å². The molecule has 0 radical (unpaired) electrons. The van der Waals surface area contributed by atoms with Gasteiger partial charge in [-0.05, 0) is 83.9 Å². The van der Waals surface area contributed by atoms with Crippen LogP contribution in [0.5, 0.6) is 0 Å². The number of hydrogen-bond acceptors (Lipinski definition) is 6. The van der Waals surface area contributed by atoms with E-state index in [0.29, 0.717) is 31.6 Å². The molecule has 3 aromatic rings. The summed E-state index contributed by atoms with van der Waals surface area (Å²) in [6.07, 6.45) is 7.48. The Balaban J connectivity index is 1.24. The van der Waals surface area contributed by atoms with Crippen LogP contribution < -0.4 is 0 Å². The fraction of sp³-hybridized carbons (Fsp3) is 0.517. The van der Waals surface area contributed by atoms with Gasteiger partial charge in [-0.15, -0.1) is 11.3 Å². The molecule has 2 fully saturated rings. The minimum atomic E-state index is -0.520. The molecule has 9 heteroatoms. The lowest BCUT2D eigenvalue weighted by Gasteiger charge is -2.40. The summed E-state index contributed by atoms with van der Waals surface area (Å²) in [5.74, 6) is 0.660. The number of hydrogen-bond donors (Lipinski definition) is 0. The van der Waals surface area contributed by atoms with E-state index in [9.17, 15) is 9.59 Å². The van der Waals surface area contributed by atoms with Crippen molar-refractivity contribution in [3.05, 3.63) is 53.3 Å². The lowest BCUT2D eigenvalue weighted by molar-refractivity contribution is 0.0127. The second-order valence-corrected chi connectivity index (χ2v) is 12.4. The second-order valence-electron chi connectivity index (χ2n) is 11.6. The maximum atomic E-state index is 13.6. The minimum Gasteiger partial charge on any atom is -0.444 e. The van der Waals surface area contributed by atoms with Crippen LogP contribution in [0.15, 0.2) is 42.0 Å². The molecular weight excluding hydrogens is 498 g/mol. The topological polar surface area (TPSA) is 80.6 Å². The highest BCUT2D eigenvalue weighted by atomic mass is 32.1. The van der Waals surface area contributed by atoms with Crippen molar-refractivity contribution in [1.29, 1.82) is 0 Å². The van der Waals surface area contributed by atoms with Crippen LogP contribution in [0.1, 0.15) is 82.3 Å². The molecule has 1 aromatic carbocycles. The van der Waals surface area contributed by atoms with E-state index in [1.165, 1.54) is 29.7 Å². The van der Waals surface area contributed by atoms with Gasteiger partial charge in [0, 0.05) is 42.3 Å². The summed E-state index contributed by atoms with van der Waals surface area (Å²) in [5, 5.41) is 7.15. The van der Waals surface area contributed by atoms with Crippen LogP contribution in [0.4, 0.5) is 4.79 Å². The SMILES string of the molecule is CC(C)N(C(=O)c1csc(-c2cnn(-c3ccc(C4CC4)cc3)c2)n1)C1CCN(C(=O)OC(C)(C)C)CC1. The largest absolute Gasteiger partial charge is 0.444 e. The molecule has 1 aliphatic carbocycles. The van der Waals surface area contributed by atoms with Gasteiger partial charge in [-0.25, -0.2) is 14.5 Å².